The van der Waals surface area contributed by atoms with Crippen molar-refractivity contribution in [1.29, 1.82) is 0 Å². The van der Waals surface area contributed by atoms with Gasteiger partial charge in [-0.1, -0.05) is 36.4 Å². The molecule has 5 heteroatoms. The minimum atomic E-state index is -0.339. The first kappa shape index (κ1) is 18.7. The van der Waals surface area contributed by atoms with E-state index in [4.69, 9.17) is 14.2 Å². The van der Waals surface area contributed by atoms with E-state index in [1.54, 1.807) is 0 Å². The Morgan fingerprint density at radius 2 is 1.84 bits per heavy atom. The van der Waals surface area contributed by atoms with E-state index < -0.39 is 0 Å². The maximum Gasteiger partial charge on any atom is 0.302 e. The highest BCUT2D eigenvalue weighted by Gasteiger charge is 2.13. The lowest BCUT2D eigenvalue weighted by Gasteiger charge is -2.17. The first-order valence-electron chi connectivity index (χ1n) is 8.09. The van der Waals surface area contributed by atoms with Gasteiger partial charge in [0, 0.05) is 12.5 Å². The largest absolute Gasteiger partial charge is 0.490 e. The van der Waals surface area contributed by atoms with Gasteiger partial charge < -0.3 is 19.0 Å². The fraction of sp³-hybridized carbons (Fsp3) is 0.300. The second kappa shape index (κ2) is 9.59. The van der Waals surface area contributed by atoms with Crippen LogP contribution in [0.15, 0.2) is 42.5 Å². The lowest BCUT2D eigenvalue weighted by molar-refractivity contribution is -0.141. The number of hydrogen-bond acceptors (Lipinski definition) is 5. The van der Waals surface area contributed by atoms with E-state index in [1.165, 1.54) is 6.92 Å². The molecule has 0 spiro atoms. The van der Waals surface area contributed by atoms with Gasteiger partial charge in [-0.2, -0.15) is 0 Å². The molecule has 25 heavy (non-hydrogen) atoms. The minimum absolute atomic E-state index is 0.0297. The van der Waals surface area contributed by atoms with Gasteiger partial charge in [-0.3, -0.25) is 4.79 Å². The van der Waals surface area contributed by atoms with Crippen molar-refractivity contribution in [2.45, 2.75) is 20.5 Å². The summed E-state index contributed by atoms with van der Waals surface area (Å²) in [5.74, 6) is 0.323. The van der Waals surface area contributed by atoms with Crippen molar-refractivity contribution >= 4 is 12.3 Å². The van der Waals surface area contributed by atoms with Gasteiger partial charge in [0.05, 0.1) is 6.61 Å². The summed E-state index contributed by atoms with van der Waals surface area (Å²) in [4.78, 5) is 21.3. The van der Waals surface area contributed by atoms with Crippen molar-refractivity contribution in [2.75, 3.05) is 19.8 Å². The fourth-order valence-electron chi connectivity index (χ4n) is 2.52. The summed E-state index contributed by atoms with van der Waals surface area (Å²) >= 11 is 0. The van der Waals surface area contributed by atoms with Crippen LogP contribution in [-0.4, -0.2) is 32.1 Å². The monoisotopic (exact) mass is 342 g/mol. The first-order chi connectivity index (χ1) is 12.1. The zero-order valence-corrected chi connectivity index (χ0v) is 14.5. The number of carbonyl (C=O) groups is 2. The maximum absolute atomic E-state index is 10.8. The first-order valence-corrected chi connectivity index (χ1v) is 8.09. The number of rotatable bonds is 9. The maximum atomic E-state index is 10.8. The molecule has 0 aliphatic rings. The van der Waals surface area contributed by atoms with Crippen LogP contribution in [0.2, 0.25) is 0 Å². The Labute approximate surface area is 147 Å². The highest BCUT2D eigenvalue weighted by molar-refractivity contribution is 5.70. The van der Waals surface area contributed by atoms with E-state index in [0.29, 0.717) is 5.75 Å². The average molecular weight is 342 g/mol. The molecule has 2 aromatic rings. The van der Waals surface area contributed by atoms with Crippen molar-refractivity contribution in [1.82, 2.24) is 0 Å². The van der Waals surface area contributed by atoms with Gasteiger partial charge in [0.1, 0.15) is 31.9 Å². The van der Waals surface area contributed by atoms with Crippen LogP contribution in [0.1, 0.15) is 18.1 Å². The van der Waals surface area contributed by atoms with E-state index in [0.717, 1.165) is 28.5 Å². The molecular formula is C20H22O5. The summed E-state index contributed by atoms with van der Waals surface area (Å²) in [7, 11) is 0. The molecule has 0 saturated heterocycles. The van der Waals surface area contributed by atoms with Crippen LogP contribution in [0.25, 0.3) is 11.1 Å². The molecule has 0 N–H and O–H groups in total. The molecule has 0 amide bonds. The van der Waals surface area contributed by atoms with Gasteiger partial charge in [-0.15, -0.1) is 0 Å². The topological polar surface area (TPSA) is 61.8 Å². The molecule has 2 rings (SSSR count). The van der Waals surface area contributed by atoms with Gasteiger partial charge in [0.15, 0.2) is 0 Å². The molecule has 0 radical (unpaired) electrons. The predicted molar refractivity (Wildman–Crippen MR) is 94.5 cm³/mol. The van der Waals surface area contributed by atoms with Crippen molar-refractivity contribution in [3.8, 4) is 16.9 Å². The lowest BCUT2D eigenvalue weighted by Crippen LogP contribution is -2.11. The number of aldehydes is 1. The molecule has 0 fully saturated rings. The predicted octanol–water partition coefficient (Wildman–Crippen LogP) is 3.32. The van der Waals surface area contributed by atoms with E-state index in [9.17, 15) is 9.59 Å². The van der Waals surface area contributed by atoms with E-state index >= 15 is 0 Å². The van der Waals surface area contributed by atoms with Crippen LogP contribution in [0.5, 0.6) is 5.75 Å². The normalized spacial score (nSPS) is 10.3. The summed E-state index contributed by atoms with van der Waals surface area (Å²) in [6.45, 7) is 4.10. The Bertz CT molecular complexity index is 710. The number of benzene rings is 2. The van der Waals surface area contributed by atoms with Gasteiger partial charge in [-0.25, -0.2) is 0 Å². The number of ether oxygens (including phenoxy) is 3. The standard InChI is InChI=1S/C20H22O5/c1-15-18(17-6-4-3-5-7-17)8-9-20(19(15)14-23-11-10-21)25-13-12-24-16(2)22/h3-10H,11-14H2,1-2H3. The SMILES string of the molecule is CC(=O)OCCOc1ccc(-c2ccccc2)c(C)c1COCC=O. The summed E-state index contributed by atoms with van der Waals surface area (Å²) in [6, 6.07) is 13.9. The zero-order valence-electron chi connectivity index (χ0n) is 14.5. The highest BCUT2D eigenvalue weighted by atomic mass is 16.6. The molecule has 0 atom stereocenters. The Morgan fingerprint density at radius 1 is 1.08 bits per heavy atom. The summed E-state index contributed by atoms with van der Waals surface area (Å²) in [5.41, 5.74) is 4.09. The Kier molecular flexibility index (Phi) is 7.16. The number of hydrogen-bond donors (Lipinski definition) is 0. The van der Waals surface area contributed by atoms with Gasteiger partial charge in [-0.05, 0) is 29.7 Å². The molecule has 0 unspecified atom stereocenters. The van der Waals surface area contributed by atoms with E-state index in [1.807, 2.05) is 49.4 Å². The van der Waals surface area contributed by atoms with Crippen LogP contribution in [0.3, 0.4) is 0 Å². The van der Waals surface area contributed by atoms with Crippen LogP contribution >= 0.6 is 0 Å². The van der Waals surface area contributed by atoms with Crippen LogP contribution in [-0.2, 0) is 25.7 Å². The van der Waals surface area contributed by atoms with Gasteiger partial charge in [0.2, 0.25) is 0 Å². The second-order valence-electron chi connectivity index (χ2n) is 5.45. The Balaban J connectivity index is 2.23. The smallest absolute Gasteiger partial charge is 0.302 e. The third kappa shape index (κ3) is 5.43. The molecule has 0 saturated carbocycles. The lowest BCUT2D eigenvalue weighted by atomic mass is 9.96. The van der Waals surface area contributed by atoms with Crippen LogP contribution in [0.4, 0.5) is 0 Å². The van der Waals surface area contributed by atoms with Crippen molar-refractivity contribution < 1.29 is 23.8 Å². The summed E-state index contributed by atoms with van der Waals surface area (Å²) < 4.78 is 16.0. The van der Waals surface area contributed by atoms with Crippen LogP contribution < -0.4 is 4.74 Å². The molecule has 132 valence electrons. The second-order valence-corrected chi connectivity index (χ2v) is 5.45. The van der Waals surface area contributed by atoms with Crippen molar-refractivity contribution in [3.05, 3.63) is 53.6 Å². The fourth-order valence-corrected chi connectivity index (χ4v) is 2.52. The number of carbonyl (C=O) groups excluding carboxylic acids is 2. The zero-order chi connectivity index (χ0) is 18.1. The molecule has 0 aromatic heterocycles. The molecular weight excluding hydrogens is 320 g/mol. The molecule has 0 aliphatic carbocycles. The van der Waals surface area contributed by atoms with Crippen molar-refractivity contribution in [2.24, 2.45) is 0 Å². The van der Waals surface area contributed by atoms with Crippen LogP contribution in [0, 0.1) is 6.92 Å². The average Bonchev–Trinajstić information content (AvgIpc) is 2.61. The molecule has 0 aliphatic heterocycles. The van der Waals surface area contributed by atoms with Gasteiger partial charge in [0.25, 0.3) is 0 Å². The summed E-state index contributed by atoms with van der Waals surface area (Å²) in [5, 5.41) is 0. The highest BCUT2D eigenvalue weighted by Crippen LogP contribution is 2.32. The summed E-state index contributed by atoms with van der Waals surface area (Å²) in [6.07, 6.45) is 0.720. The third-order valence-electron chi connectivity index (χ3n) is 3.72. The third-order valence-corrected chi connectivity index (χ3v) is 3.72. The molecule has 0 bridgehead atoms. The number of esters is 1. The van der Waals surface area contributed by atoms with E-state index in [-0.39, 0.29) is 32.4 Å². The molecule has 2 aromatic carbocycles. The van der Waals surface area contributed by atoms with E-state index in [2.05, 4.69) is 0 Å². The minimum Gasteiger partial charge on any atom is -0.490 e. The van der Waals surface area contributed by atoms with Crippen molar-refractivity contribution in [3.63, 3.8) is 0 Å². The Hall–Kier alpha value is -2.66. The quantitative estimate of drug-likeness (QED) is 0.397. The molecule has 0 heterocycles. The Morgan fingerprint density at radius 3 is 2.52 bits per heavy atom. The van der Waals surface area contributed by atoms with Gasteiger partial charge >= 0.3 is 5.97 Å². The molecule has 5 nitrogen and oxygen atoms in total.